The number of fused-ring (bicyclic) bond motifs is 1. The molecule has 1 aromatic carbocycles. The average Bonchev–Trinajstić information content (AvgIpc) is 2.34. The molecule has 0 atom stereocenters. The first-order valence-corrected chi connectivity index (χ1v) is 5.76. The Hall–Kier alpha value is -1.52. The number of ketones is 1. The van der Waals surface area contributed by atoms with Crippen molar-refractivity contribution in [3.8, 4) is 0 Å². The Labute approximate surface area is 108 Å². The Morgan fingerprint density at radius 2 is 2.22 bits per heavy atom. The first-order chi connectivity index (χ1) is 8.52. The SMILES string of the molecule is Cc1c(Cl)cnc2c(F)cc(CC(=O)CO)cc12. The molecule has 2 aromatic rings. The van der Waals surface area contributed by atoms with Gasteiger partial charge in [0.2, 0.25) is 0 Å². The highest BCUT2D eigenvalue weighted by Gasteiger charge is 2.11. The molecule has 2 rings (SSSR count). The van der Waals surface area contributed by atoms with Crippen LogP contribution in [0.1, 0.15) is 11.1 Å². The molecule has 5 heteroatoms. The monoisotopic (exact) mass is 267 g/mol. The van der Waals surface area contributed by atoms with E-state index in [-0.39, 0.29) is 17.7 Å². The quantitative estimate of drug-likeness (QED) is 0.929. The number of aliphatic hydroxyl groups excluding tert-OH is 1. The first kappa shape index (κ1) is 12.9. The number of carbonyl (C=O) groups is 1. The van der Waals surface area contributed by atoms with Gasteiger partial charge in [0.05, 0.1) is 5.02 Å². The van der Waals surface area contributed by atoms with E-state index in [4.69, 9.17) is 16.7 Å². The molecule has 0 aliphatic rings. The summed E-state index contributed by atoms with van der Waals surface area (Å²) in [6, 6.07) is 2.94. The van der Waals surface area contributed by atoms with E-state index in [0.717, 1.165) is 5.56 Å². The van der Waals surface area contributed by atoms with Crippen molar-refractivity contribution >= 4 is 28.3 Å². The molecule has 1 heterocycles. The van der Waals surface area contributed by atoms with Gasteiger partial charge in [-0.25, -0.2) is 4.39 Å². The largest absolute Gasteiger partial charge is 0.389 e. The zero-order valence-electron chi connectivity index (χ0n) is 9.70. The molecular formula is C13H11ClFNO2. The Morgan fingerprint density at radius 1 is 1.50 bits per heavy atom. The molecule has 0 amide bonds. The number of nitrogens with zero attached hydrogens (tertiary/aromatic N) is 1. The predicted molar refractivity (Wildman–Crippen MR) is 67.2 cm³/mol. The molecule has 0 aliphatic heterocycles. The van der Waals surface area contributed by atoms with Gasteiger partial charge in [0.15, 0.2) is 5.78 Å². The molecule has 0 saturated heterocycles. The lowest BCUT2D eigenvalue weighted by Crippen LogP contribution is -2.07. The maximum absolute atomic E-state index is 13.8. The number of halogens is 2. The van der Waals surface area contributed by atoms with Crippen LogP contribution >= 0.6 is 11.6 Å². The van der Waals surface area contributed by atoms with Gasteiger partial charge in [0.25, 0.3) is 0 Å². The third-order valence-corrected chi connectivity index (χ3v) is 3.15. The average molecular weight is 268 g/mol. The van der Waals surface area contributed by atoms with Crippen molar-refractivity contribution in [3.63, 3.8) is 0 Å². The second-order valence-corrected chi connectivity index (χ2v) is 4.49. The van der Waals surface area contributed by atoms with E-state index < -0.39 is 12.4 Å². The van der Waals surface area contributed by atoms with Gasteiger partial charge in [-0.15, -0.1) is 0 Å². The Bertz CT molecular complexity index is 628. The third-order valence-electron chi connectivity index (χ3n) is 2.77. The molecule has 1 aromatic heterocycles. The number of benzene rings is 1. The molecule has 0 radical (unpaired) electrons. The van der Waals surface area contributed by atoms with Crippen molar-refractivity contribution in [1.29, 1.82) is 0 Å². The van der Waals surface area contributed by atoms with Crippen LogP contribution in [0.15, 0.2) is 18.3 Å². The lowest BCUT2D eigenvalue weighted by molar-refractivity contribution is -0.121. The summed E-state index contributed by atoms with van der Waals surface area (Å²) in [4.78, 5) is 15.1. The van der Waals surface area contributed by atoms with Gasteiger partial charge < -0.3 is 5.11 Å². The summed E-state index contributed by atoms with van der Waals surface area (Å²) in [7, 11) is 0. The number of hydrogen-bond acceptors (Lipinski definition) is 3. The van der Waals surface area contributed by atoms with Crippen molar-refractivity contribution < 1.29 is 14.3 Å². The van der Waals surface area contributed by atoms with Crippen molar-refractivity contribution in [2.75, 3.05) is 6.61 Å². The minimum atomic E-state index is -0.549. The fourth-order valence-electron chi connectivity index (χ4n) is 1.80. The van der Waals surface area contributed by atoms with Gasteiger partial charge >= 0.3 is 0 Å². The molecule has 0 bridgehead atoms. The molecule has 0 fully saturated rings. The molecule has 94 valence electrons. The molecule has 0 spiro atoms. The first-order valence-electron chi connectivity index (χ1n) is 5.38. The molecule has 0 unspecified atom stereocenters. The van der Waals surface area contributed by atoms with Gasteiger partial charge in [-0.05, 0) is 30.2 Å². The molecule has 3 nitrogen and oxygen atoms in total. The maximum Gasteiger partial charge on any atom is 0.162 e. The highest BCUT2D eigenvalue weighted by Crippen LogP contribution is 2.26. The Morgan fingerprint density at radius 3 is 2.89 bits per heavy atom. The highest BCUT2D eigenvalue weighted by molar-refractivity contribution is 6.32. The van der Waals surface area contributed by atoms with E-state index in [2.05, 4.69) is 4.98 Å². The number of pyridine rings is 1. The van der Waals surface area contributed by atoms with E-state index in [0.29, 0.717) is 16.0 Å². The molecule has 0 saturated carbocycles. The summed E-state index contributed by atoms with van der Waals surface area (Å²) >= 11 is 5.93. The number of carbonyl (C=O) groups excluding carboxylic acids is 1. The normalized spacial score (nSPS) is 10.9. The van der Waals surface area contributed by atoms with Gasteiger partial charge in [-0.2, -0.15) is 0 Å². The lowest BCUT2D eigenvalue weighted by Gasteiger charge is -2.07. The van der Waals surface area contributed by atoms with Crippen LogP contribution in [-0.4, -0.2) is 22.5 Å². The van der Waals surface area contributed by atoms with Crippen LogP contribution in [-0.2, 0) is 11.2 Å². The Kier molecular flexibility index (Phi) is 3.59. The van der Waals surface area contributed by atoms with Gasteiger partial charge in [0.1, 0.15) is 17.9 Å². The third kappa shape index (κ3) is 2.35. The van der Waals surface area contributed by atoms with Crippen molar-refractivity contribution in [1.82, 2.24) is 4.98 Å². The second-order valence-electron chi connectivity index (χ2n) is 4.08. The lowest BCUT2D eigenvalue weighted by atomic mass is 10.0. The summed E-state index contributed by atoms with van der Waals surface area (Å²) in [5.41, 5.74) is 1.46. The van der Waals surface area contributed by atoms with E-state index in [9.17, 15) is 9.18 Å². The van der Waals surface area contributed by atoms with E-state index >= 15 is 0 Å². The van der Waals surface area contributed by atoms with Crippen molar-refractivity contribution in [3.05, 3.63) is 40.3 Å². The number of Topliss-reactive ketones (excluding diaryl/α,β-unsaturated/α-hetero) is 1. The van der Waals surface area contributed by atoms with E-state index in [1.54, 1.807) is 13.0 Å². The minimum Gasteiger partial charge on any atom is -0.389 e. The summed E-state index contributed by atoms with van der Waals surface area (Å²) in [5, 5.41) is 9.74. The molecule has 1 N–H and O–H groups in total. The number of aryl methyl sites for hydroxylation is 1. The number of hydrogen-bond donors (Lipinski definition) is 1. The van der Waals surface area contributed by atoms with Crippen molar-refractivity contribution in [2.24, 2.45) is 0 Å². The van der Waals surface area contributed by atoms with Crippen LogP contribution in [0.2, 0.25) is 5.02 Å². The fourth-order valence-corrected chi connectivity index (χ4v) is 1.96. The summed E-state index contributed by atoms with van der Waals surface area (Å²) in [5.74, 6) is -0.852. The topological polar surface area (TPSA) is 50.2 Å². The summed E-state index contributed by atoms with van der Waals surface area (Å²) in [6.45, 7) is 1.22. The van der Waals surface area contributed by atoms with Gasteiger partial charge in [-0.3, -0.25) is 9.78 Å². The van der Waals surface area contributed by atoms with Crippen LogP contribution < -0.4 is 0 Å². The summed E-state index contributed by atoms with van der Waals surface area (Å²) in [6.07, 6.45) is 1.40. The molecule has 0 aliphatic carbocycles. The Balaban J connectivity index is 2.59. The van der Waals surface area contributed by atoms with E-state index in [1.165, 1.54) is 12.3 Å². The standard InChI is InChI=1S/C13H11ClFNO2/c1-7-10-3-8(2-9(18)6-17)4-12(15)13(10)16-5-11(7)14/h3-5,17H,2,6H2,1H3. The van der Waals surface area contributed by atoms with E-state index in [1.807, 2.05) is 0 Å². The smallest absolute Gasteiger partial charge is 0.162 e. The fraction of sp³-hybridized carbons (Fsp3) is 0.231. The number of aliphatic hydroxyl groups is 1. The zero-order chi connectivity index (χ0) is 13.3. The van der Waals surface area contributed by atoms with Crippen LogP contribution in [0.3, 0.4) is 0 Å². The van der Waals surface area contributed by atoms with Crippen LogP contribution in [0, 0.1) is 12.7 Å². The molecular weight excluding hydrogens is 257 g/mol. The second kappa shape index (κ2) is 5.00. The van der Waals surface area contributed by atoms with Gasteiger partial charge in [0, 0.05) is 18.0 Å². The van der Waals surface area contributed by atoms with Crippen LogP contribution in [0.4, 0.5) is 4.39 Å². The van der Waals surface area contributed by atoms with Crippen LogP contribution in [0.5, 0.6) is 0 Å². The van der Waals surface area contributed by atoms with Crippen molar-refractivity contribution in [2.45, 2.75) is 13.3 Å². The minimum absolute atomic E-state index is 0.00465. The highest BCUT2D eigenvalue weighted by atomic mass is 35.5. The van der Waals surface area contributed by atoms with Crippen LogP contribution in [0.25, 0.3) is 10.9 Å². The predicted octanol–water partition coefficient (Wildman–Crippen LogP) is 2.44. The number of rotatable bonds is 3. The molecule has 18 heavy (non-hydrogen) atoms. The maximum atomic E-state index is 13.8. The summed E-state index contributed by atoms with van der Waals surface area (Å²) < 4.78 is 13.8. The van der Waals surface area contributed by atoms with Gasteiger partial charge in [-0.1, -0.05) is 11.6 Å². The zero-order valence-corrected chi connectivity index (χ0v) is 10.5. The number of aromatic nitrogens is 1.